The summed E-state index contributed by atoms with van der Waals surface area (Å²) < 4.78 is 29.3. The molecule has 3 aromatic carbocycles. The number of aliphatic hydroxyl groups is 1. The van der Waals surface area contributed by atoms with E-state index in [1.807, 2.05) is 91.0 Å². The van der Waals surface area contributed by atoms with Crippen molar-refractivity contribution >= 4 is 5.97 Å². The maximum atomic E-state index is 11.7. The van der Waals surface area contributed by atoms with Crippen LogP contribution in [0.15, 0.2) is 91.0 Å². The molecule has 0 amide bonds. The number of esters is 1. The molecule has 1 aliphatic rings. The van der Waals surface area contributed by atoms with Crippen LogP contribution >= 0.6 is 0 Å². The largest absolute Gasteiger partial charge is 0.469 e. The smallest absolute Gasteiger partial charge is 0.305 e. The average molecular weight is 521 g/mol. The minimum Gasteiger partial charge on any atom is -0.469 e. The second kappa shape index (κ2) is 14.8. The zero-order chi connectivity index (χ0) is 26.6. The molecular formula is C31H36O7. The van der Waals surface area contributed by atoms with Gasteiger partial charge in [0.2, 0.25) is 0 Å². The van der Waals surface area contributed by atoms with Crippen LogP contribution in [0, 0.1) is 0 Å². The van der Waals surface area contributed by atoms with Crippen LogP contribution in [0.4, 0.5) is 0 Å². The van der Waals surface area contributed by atoms with Gasteiger partial charge in [0, 0.05) is 6.42 Å². The minimum absolute atomic E-state index is 0.0685. The molecule has 202 valence electrons. The third-order valence-electron chi connectivity index (χ3n) is 6.48. The van der Waals surface area contributed by atoms with E-state index in [4.69, 9.17) is 23.7 Å². The lowest BCUT2D eigenvalue weighted by atomic mass is 10.0. The van der Waals surface area contributed by atoms with Gasteiger partial charge in [-0.3, -0.25) is 4.79 Å². The molecule has 0 saturated carbocycles. The van der Waals surface area contributed by atoms with Gasteiger partial charge in [0.15, 0.2) is 0 Å². The highest BCUT2D eigenvalue weighted by Gasteiger charge is 2.50. The van der Waals surface area contributed by atoms with Crippen molar-refractivity contribution in [2.45, 2.75) is 63.2 Å². The Labute approximate surface area is 224 Å². The molecule has 0 spiro atoms. The Morgan fingerprint density at radius 1 is 0.816 bits per heavy atom. The number of hydrogen-bond acceptors (Lipinski definition) is 7. The summed E-state index contributed by atoms with van der Waals surface area (Å²) in [6, 6.07) is 29.4. The number of ether oxygens (including phenoxy) is 5. The summed E-state index contributed by atoms with van der Waals surface area (Å²) in [5.74, 6) is -0.285. The quantitative estimate of drug-likeness (QED) is 0.221. The van der Waals surface area contributed by atoms with Crippen LogP contribution in [0.2, 0.25) is 0 Å². The Morgan fingerprint density at radius 3 is 1.89 bits per heavy atom. The predicted octanol–water partition coefficient (Wildman–Crippen LogP) is 4.46. The van der Waals surface area contributed by atoms with Gasteiger partial charge in [-0.1, -0.05) is 91.0 Å². The number of carbonyl (C=O) groups is 1. The van der Waals surface area contributed by atoms with Crippen molar-refractivity contribution in [3.8, 4) is 0 Å². The highest BCUT2D eigenvalue weighted by Crippen LogP contribution is 2.35. The summed E-state index contributed by atoms with van der Waals surface area (Å²) in [5.41, 5.74) is 3.00. The lowest BCUT2D eigenvalue weighted by molar-refractivity contribution is -0.153. The Kier molecular flexibility index (Phi) is 10.9. The van der Waals surface area contributed by atoms with Crippen LogP contribution in [0.3, 0.4) is 0 Å². The molecular weight excluding hydrogens is 484 g/mol. The SMILES string of the molecule is COC(=O)CC[C@@H]1O[C@H]1[C@@H](OCc1ccccc1)[C@H](OCc1ccccc1)[C@@H](O)COCc1ccccc1. The summed E-state index contributed by atoms with van der Waals surface area (Å²) in [7, 11) is 1.37. The third kappa shape index (κ3) is 8.75. The Balaban J connectivity index is 1.47. The van der Waals surface area contributed by atoms with Crippen molar-refractivity contribution in [1.29, 1.82) is 0 Å². The van der Waals surface area contributed by atoms with Crippen molar-refractivity contribution in [2.24, 2.45) is 0 Å². The number of aliphatic hydroxyl groups excluding tert-OH is 1. The van der Waals surface area contributed by atoms with Gasteiger partial charge < -0.3 is 28.8 Å². The summed E-state index contributed by atoms with van der Waals surface area (Å²) in [5, 5.41) is 11.3. The van der Waals surface area contributed by atoms with Gasteiger partial charge in [-0.2, -0.15) is 0 Å². The highest BCUT2D eigenvalue weighted by molar-refractivity contribution is 5.69. The highest BCUT2D eigenvalue weighted by atomic mass is 16.6. The van der Waals surface area contributed by atoms with Crippen molar-refractivity contribution in [1.82, 2.24) is 0 Å². The molecule has 1 heterocycles. The zero-order valence-electron chi connectivity index (χ0n) is 21.7. The fraction of sp³-hybridized carbons (Fsp3) is 0.387. The first-order valence-corrected chi connectivity index (χ1v) is 13.0. The summed E-state index contributed by atoms with van der Waals surface area (Å²) >= 11 is 0. The molecule has 38 heavy (non-hydrogen) atoms. The molecule has 7 nitrogen and oxygen atoms in total. The first-order chi connectivity index (χ1) is 18.6. The van der Waals surface area contributed by atoms with E-state index < -0.39 is 18.3 Å². The second-order valence-electron chi connectivity index (χ2n) is 9.34. The maximum Gasteiger partial charge on any atom is 0.305 e. The molecule has 0 bridgehead atoms. The van der Waals surface area contributed by atoms with Gasteiger partial charge in [-0.15, -0.1) is 0 Å². The molecule has 1 aliphatic heterocycles. The second-order valence-corrected chi connectivity index (χ2v) is 9.34. The van der Waals surface area contributed by atoms with Crippen LogP contribution in [0.5, 0.6) is 0 Å². The fourth-order valence-corrected chi connectivity index (χ4v) is 4.34. The zero-order valence-corrected chi connectivity index (χ0v) is 21.7. The van der Waals surface area contributed by atoms with Crippen LogP contribution in [-0.4, -0.2) is 55.3 Å². The maximum absolute atomic E-state index is 11.7. The van der Waals surface area contributed by atoms with Gasteiger partial charge in [-0.25, -0.2) is 0 Å². The summed E-state index contributed by atoms with van der Waals surface area (Å²) in [6.45, 7) is 1.07. The molecule has 1 N–H and O–H groups in total. The van der Waals surface area contributed by atoms with Crippen molar-refractivity contribution in [2.75, 3.05) is 13.7 Å². The predicted molar refractivity (Wildman–Crippen MR) is 142 cm³/mol. The standard InChI is InChI=1S/C31H36O7/c1-34-28(33)18-17-27-30(38-27)31(37-21-25-15-9-4-10-16-25)29(36-20-24-13-7-3-8-14-24)26(32)22-35-19-23-11-5-2-6-12-23/h2-16,26-27,29-32H,17-22H2,1H3/t26-,27-,29+,30+,31-/m0/s1. The summed E-state index contributed by atoms with van der Waals surface area (Å²) in [6.07, 6.45) is -2.01. The van der Waals surface area contributed by atoms with E-state index in [9.17, 15) is 9.90 Å². The topological polar surface area (TPSA) is 86.8 Å². The van der Waals surface area contributed by atoms with Crippen LogP contribution in [0.1, 0.15) is 29.5 Å². The first-order valence-electron chi connectivity index (χ1n) is 13.0. The van der Waals surface area contributed by atoms with E-state index in [-0.39, 0.29) is 31.2 Å². The van der Waals surface area contributed by atoms with Crippen LogP contribution < -0.4 is 0 Å². The van der Waals surface area contributed by atoms with Crippen LogP contribution in [0.25, 0.3) is 0 Å². The lowest BCUT2D eigenvalue weighted by Crippen LogP contribution is -2.46. The van der Waals surface area contributed by atoms with Crippen molar-refractivity contribution in [3.05, 3.63) is 108 Å². The van der Waals surface area contributed by atoms with Gasteiger partial charge in [-0.05, 0) is 23.1 Å². The summed E-state index contributed by atoms with van der Waals surface area (Å²) in [4.78, 5) is 11.7. The number of methoxy groups -OCH3 is 1. The third-order valence-corrected chi connectivity index (χ3v) is 6.48. The monoisotopic (exact) mass is 520 g/mol. The number of epoxide rings is 1. The Morgan fingerprint density at radius 2 is 1.34 bits per heavy atom. The Bertz CT molecular complexity index is 1080. The van der Waals surface area contributed by atoms with Gasteiger partial charge in [0.25, 0.3) is 0 Å². The molecule has 4 rings (SSSR count). The van der Waals surface area contributed by atoms with E-state index in [2.05, 4.69) is 0 Å². The van der Waals surface area contributed by atoms with E-state index in [0.29, 0.717) is 26.2 Å². The van der Waals surface area contributed by atoms with Gasteiger partial charge in [0.1, 0.15) is 24.4 Å². The molecule has 1 saturated heterocycles. The lowest BCUT2D eigenvalue weighted by Gasteiger charge is -2.30. The Hall–Kier alpha value is -3.07. The molecule has 0 unspecified atom stereocenters. The number of benzene rings is 3. The molecule has 0 aromatic heterocycles. The van der Waals surface area contributed by atoms with Crippen LogP contribution in [-0.2, 0) is 48.3 Å². The van der Waals surface area contributed by atoms with Crippen molar-refractivity contribution < 1.29 is 33.6 Å². The fourth-order valence-electron chi connectivity index (χ4n) is 4.34. The normalized spacial score (nSPS) is 18.9. The number of hydrogen-bond donors (Lipinski definition) is 1. The molecule has 3 aromatic rings. The minimum atomic E-state index is -0.964. The molecule has 1 fully saturated rings. The molecule has 0 radical (unpaired) electrons. The van der Waals surface area contributed by atoms with Gasteiger partial charge in [0.05, 0.1) is 39.6 Å². The van der Waals surface area contributed by atoms with Gasteiger partial charge >= 0.3 is 5.97 Å². The molecule has 7 heteroatoms. The molecule has 5 atom stereocenters. The number of carbonyl (C=O) groups excluding carboxylic acids is 1. The van der Waals surface area contributed by atoms with E-state index in [1.165, 1.54) is 7.11 Å². The first kappa shape index (κ1) is 28.0. The van der Waals surface area contributed by atoms with Crippen molar-refractivity contribution in [3.63, 3.8) is 0 Å². The molecule has 0 aliphatic carbocycles. The average Bonchev–Trinajstić information content (AvgIpc) is 3.74. The van der Waals surface area contributed by atoms with E-state index >= 15 is 0 Å². The van der Waals surface area contributed by atoms with E-state index in [1.54, 1.807) is 0 Å². The van der Waals surface area contributed by atoms with E-state index in [0.717, 1.165) is 16.7 Å². The number of rotatable bonds is 16.